The van der Waals surface area contributed by atoms with Crippen LogP contribution < -0.4 is 4.90 Å². The zero-order valence-corrected chi connectivity index (χ0v) is 24.9. The Hall–Kier alpha value is -3.15. The zero-order valence-electron chi connectivity index (χ0n) is 20.2. The molecule has 0 saturated heterocycles. The highest BCUT2D eigenvalue weighted by molar-refractivity contribution is 9.10. The lowest BCUT2D eigenvalue weighted by atomic mass is 9.95. The number of carbonyl (C=O) groups is 2. The number of Topliss-reactive ketones (excluding diaryl/α,β-unsaturated/α-hetero) is 1. The fraction of sp³-hybridized carbons (Fsp3) is 0.0714. The molecule has 0 bridgehead atoms. The average molecular weight is 673 g/mol. The second-order valence-electron chi connectivity index (χ2n) is 8.74. The maximum atomic E-state index is 13.8. The predicted octanol–water partition coefficient (Wildman–Crippen LogP) is 8.43. The Balaban J connectivity index is 1.35. The number of halogens is 3. The van der Waals surface area contributed by atoms with Crippen molar-refractivity contribution in [1.29, 1.82) is 0 Å². The fourth-order valence-corrected chi connectivity index (χ4v) is 7.05. The first-order valence-electron chi connectivity index (χ1n) is 11.8. The Morgan fingerprint density at radius 1 is 1.07 bits per heavy atom. The lowest BCUT2D eigenvalue weighted by Gasteiger charge is -2.23. The van der Waals surface area contributed by atoms with Crippen molar-refractivity contribution in [2.75, 3.05) is 4.90 Å². The number of nitrogens with zero attached hydrogens (tertiary/aromatic N) is 3. The van der Waals surface area contributed by atoms with Gasteiger partial charge in [-0.15, -0.1) is 10.2 Å². The number of aliphatic hydroxyl groups excluding tert-OH is 1. The lowest BCUT2D eigenvalue weighted by Crippen LogP contribution is -2.31. The molecule has 0 saturated carbocycles. The molecule has 200 valence electrons. The molecule has 0 radical (unpaired) electrons. The van der Waals surface area contributed by atoms with Gasteiger partial charge in [0.15, 0.2) is 15.9 Å². The van der Waals surface area contributed by atoms with Gasteiger partial charge in [-0.05, 0) is 47.5 Å². The largest absolute Gasteiger partial charge is 0.503 e. The first-order chi connectivity index (χ1) is 19.3. The van der Waals surface area contributed by atoms with E-state index < -0.39 is 23.5 Å². The summed E-state index contributed by atoms with van der Waals surface area (Å²) >= 11 is 18.3. The number of carbonyl (C=O) groups excluding carboxylic acids is 2. The van der Waals surface area contributed by atoms with Gasteiger partial charge < -0.3 is 9.52 Å². The van der Waals surface area contributed by atoms with E-state index in [0.29, 0.717) is 31.3 Å². The predicted molar refractivity (Wildman–Crippen MR) is 161 cm³/mol. The number of fused-ring (bicyclic) bond motifs is 1. The SMILES string of the molecule is O=C(C1=C(O)C(=O)N(c2nnc(SCc3ccc(Cl)cc3Cl)s2)C1c1ccc(Br)cc1)c1cc2ccccc2o1. The molecule has 1 aliphatic rings. The molecule has 3 aromatic carbocycles. The highest BCUT2D eigenvalue weighted by Gasteiger charge is 2.46. The first-order valence-corrected chi connectivity index (χ1v) is 15.1. The number of benzene rings is 3. The number of hydrogen-bond acceptors (Lipinski definition) is 8. The van der Waals surface area contributed by atoms with Crippen LogP contribution in [-0.4, -0.2) is 27.0 Å². The standard InChI is InChI=1S/C28H16BrCl2N3O4S2/c29-17-8-5-14(6-9-17)23-22(24(35)21-11-15-3-1-2-4-20(15)38-21)25(36)26(37)34(23)27-32-33-28(40-27)39-13-16-7-10-18(30)12-19(16)31/h1-12,23,36H,13H2. The van der Waals surface area contributed by atoms with Gasteiger partial charge in [-0.25, -0.2) is 0 Å². The zero-order chi connectivity index (χ0) is 28.0. The number of hydrogen-bond donors (Lipinski definition) is 1. The molecule has 40 heavy (non-hydrogen) atoms. The van der Waals surface area contributed by atoms with Crippen molar-refractivity contribution in [3.05, 3.63) is 116 Å². The van der Waals surface area contributed by atoms with Crippen LogP contribution in [0.2, 0.25) is 10.0 Å². The Morgan fingerprint density at radius 3 is 2.60 bits per heavy atom. The normalized spacial score (nSPS) is 15.4. The molecule has 7 nitrogen and oxygen atoms in total. The van der Waals surface area contributed by atoms with Crippen molar-refractivity contribution in [2.45, 2.75) is 16.1 Å². The lowest BCUT2D eigenvalue weighted by molar-refractivity contribution is -0.117. The number of furan rings is 1. The minimum absolute atomic E-state index is 0.0212. The van der Waals surface area contributed by atoms with E-state index in [0.717, 1.165) is 15.4 Å². The minimum atomic E-state index is -0.946. The van der Waals surface area contributed by atoms with Crippen LogP contribution in [0.4, 0.5) is 5.13 Å². The van der Waals surface area contributed by atoms with Gasteiger partial charge in [0, 0.05) is 25.7 Å². The molecular formula is C28H16BrCl2N3O4S2. The summed E-state index contributed by atoms with van der Waals surface area (Å²) in [4.78, 5) is 28.5. The van der Waals surface area contributed by atoms with Crippen molar-refractivity contribution in [1.82, 2.24) is 10.2 Å². The van der Waals surface area contributed by atoms with E-state index in [4.69, 9.17) is 27.6 Å². The van der Waals surface area contributed by atoms with Gasteiger partial charge in [0.2, 0.25) is 10.9 Å². The third-order valence-electron chi connectivity index (χ3n) is 6.26. The molecule has 0 spiro atoms. The van der Waals surface area contributed by atoms with E-state index in [1.54, 1.807) is 54.6 Å². The second kappa shape index (κ2) is 11.0. The monoisotopic (exact) mass is 671 g/mol. The quantitative estimate of drug-likeness (QED) is 0.105. The van der Waals surface area contributed by atoms with Gasteiger partial charge in [0.1, 0.15) is 5.58 Å². The van der Waals surface area contributed by atoms with Crippen molar-refractivity contribution >= 4 is 90.0 Å². The summed E-state index contributed by atoms with van der Waals surface area (Å²) in [7, 11) is 0. The summed E-state index contributed by atoms with van der Waals surface area (Å²) in [6.07, 6.45) is 0. The summed E-state index contributed by atoms with van der Waals surface area (Å²) in [5.74, 6) is -1.47. The van der Waals surface area contributed by atoms with Crippen LogP contribution in [0.3, 0.4) is 0 Å². The average Bonchev–Trinajstić information content (AvgIpc) is 3.65. The molecule has 1 amide bonds. The molecule has 6 rings (SSSR count). The molecule has 1 N–H and O–H groups in total. The number of para-hydroxylation sites is 1. The van der Waals surface area contributed by atoms with Crippen LogP contribution in [0.25, 0.3) is 11.0 Å². The number of aromatic nitrogens is 2. The minimum Gasteiger partial charge on any atom is -0.503 e. The van der Waals surface area contributed by atoms with Crippen molar-refractivity contribution in [3.63, 3.8) is 0 Å². The molecule has 12 heteroatoms. The third kappa shape index (κ3) is 5.06. The first kappa shape index (κ1) is 27.0. The molecule has 3 heterocycles. The van der Waals surface area contributed by atoms with Gasteiger partial charge in [0.25, 0.3) is 5.91 Å². The Labute approximate surface area is 254 Å². The highest BCUT2D eigenvalue weighted by Crippen LogP contribution is 2.44. The highest BCUT2D eigenvalue weighted by atomic mass is 79.9. The number of amides is 1. The number of aliphatic hydroxyl groups is 1. The van der Waals surface area contributed by atoms with E-state index in [1.807, 2.05) is 18.2 Å². The number of anilines is 1. The molecule has 1 unspecified atom stereocenters. The third-order valence-corrected chi connectivity index (χ3v) is 9.48. The summed E-state index contributed by atoms with van der Waals surface area (Å²) in [5, 5.41) is 21.6. The molecule has 2 aromatic heterocycles. The summed E-state index contributed by atoms with van der Waals surface area (Å²) in [5.41, 5.74) is 1.91. The van der Waals surface area contributed by atoms with E-state index >= 15 is 0 Å². The maximum absolute atomic E-state index is 13.8. The molecule has 1 atom stereocenters. The molecule has 5 aromatic rings. The van der Waals surface area contributed by atoms with Crippen LogP contribution in [0.1, 0.15) is 27.7 Å². The summed E-state index contributed by atoms with van der Waals surface area (Å²) in [6.45, 7) is 0. The Morgan fingerprint density at radius 2 is 1.85 bits per heavy atom. The van der Waals surface area contributed by atoms with Crippen LogP contribution in [0.5, 0.6) is 0 Å². The van der Waals surface area contributed by atoms with Gasteiger partial charge in [-0.1, -0.05) is 98.6 Å². The smallest absolute Gasteiger partial charge is 0.296 e. The van der Waals surface area contributed by atoms with Crippen molar-refractivity contribution in [2.24, 2.45) is 0 Å². The van der Waals surface area contributed by atoms with Crippen LogP contribution in [0, 0.1) is 0 Å². The Kier molecular flexibility index (Phi) is 7.45. The summed E-state index contributed by atoms with van der Waals surface area (Å²) < 4.78 is 7.19. The number of ketones is 1. The van der Waals surface area contributed by atoms with Crippen molar-refractivity contribution in [3.8, 4) is 0 Å². The van der Waals surface area contributed by atoms with E-state index in [9.17, 15) is 14.7 Å². The van der Waals surface area contributed by atoms with Crippen LogP contribution in [0.15, 0.2) is 97.4 Å². The summed E-state index contributed by atoms with van der Waals surface area (Å²) in [6, 6.07) is 20.3. The Bertz CT molecular complexity index is 1790. The molecule has 0 fully saturated rings. The van der Waals surface area contributed by atoms with Gasteiger partial charge in [0.05, 0.1) is 11.6 Å². The van der Waals surface area contributed by atoms with E-state index in [1.165, 1.54) is 28.0 Å². The molecule has 0 aliphatic carbocycles. The fourth-order valence-electron chi connectivity index (χ4n) is 4.36. The van der Waals surface area contributed by atoms with Crippen molar-refractivity contribution < 1.29 is 19.1 Å². The van der Waals surface area contributed by atoms with E-state index in [-0.39, 0.29) is 16.5 Å². The van der Waals surface area contributed by atoms with Crippen LogP contribution >= 0.6 is 62.2 Å². The van der Waals surface area contributed by atoms with Gasteiger partial charge in [-0.3, -0.25) is 14.5 Å². The second-order valence-corrected chi connectivity index (χ2v) is 12.7. The maximum Gasteiger partial charge on any atom is 0.296 e. The molecule has 1 aliphatic heterocycles. The number of thioether (sulfide) groups is 1. The van der Waals surface area contributed by atoms with E-state index in [2.05, 4.69) is 26.1 Å². The molecular weight excluding hydrogens is 657 g/mol. The van der Waals surface area contributed by atoms with Crippen LogP contribution in [-0.2, 0) is 10.5 Å². The van der Waals surface area contributed by atoms with Gasteiger partial charge in [-0.2, -0.15) is 0 Å². The number of rotatable bonds is 7. The van der Waals surface area contributed by atoms with Gasteiger partial charge >= 0.3 is 0 Å². The topological polar surface area (TPSA) is 96.5 Å².